The van der Waals surface area contributed by atoms with Gasteiger partial charge in [0.15, 0.2) is 0 Å². The van der Waals surface area contributed by atoms with Gasteiger partial charge in [0, 0.05) is 19.7 Å². The molecule has 102 valence electrons. The molecule has 0 aliphatic carbocycles. The van der Waals surface area contributed by atoms with Crippen LogP contribution in [0.4, 0.5) is 0 Å². The molecule has 17 heavy (non-hydrogen) atoms. The summed E-state index contributed by atoms with van der Waals surface area (Å²) in [7, 11) is 0. The summed E-state index contributed by atoms with van der Waals surface area (Å²) in [6.45, 7) is 9.28. The fourth-order valence-corrected chi connectivity index (χ4v) is 2.84. The van der Waals surface area contributed by atoms with Crippen LogP contribution in [0.1, 0.15) is 32.6 Å². The fourth-order valence-electron chi connectivity index (χ4n) is 2.84. The lowest BCUT2D eigenvalue weighted by molar-refractivity contribution is 0.0673. The Morgan fingerprint density at radius 2 is 1.94 bits per heavy atom. The molecule has 2 aliphatic rings. The second-order valence-electron chi connectivity index (χ2n) is 5.18. The molecular weight excluding hydrogens is 236 g/mol. The molecule has 2 saturated heterocycles. The molecule has 2 aliphatic heterocycles. The number of piperidine rings is 1. The molecule has 2 heterocycles. The molecule has 1 atom stereocenters. The van der Waals surface area contributed by atoms with Crippen molar-refractivity contribution in [3.63, 3.8) is 0 Å². The highest BCUT2D eigenvalue weighted by atomic mass is 35.5. The summed E-state index contributed by atoms with van der Waals surface area (Å²) in [6.07, 6.45) is 5.74. The smallest absolute Gasteiger partial charge is 0.0702 e. The summed E-state index contributed by atoms with van der Waals surface area (Å²) in [6, 6.07) is 0. The maximum atomic E-state index is 5.72. The molecule has 1 N–H and O–H groups in total. The topological polar surface area (TPSA) is 24.5 Å². The summed E-state index contributed by atoms with van der Waals surface area (Å²) in [4.78, 5) is 2.59. The highest BCUT2D eigenvalue weighted by molar-refractivity contribution is 5.85. The van der Waals surface area contributed by atoms with E-state index in [1.54, 1.807) is 0 Å². The van der Waals surface area contributed by atoms with Gasteiger partial charge in [-0.1, -0.05) is 6.92 Å². The van der Waals surface area contributed by atoms with Gasteiger partial charge in [-0.05, 0) is 51.2 Å². The van der Waals surface area contributed by atoms with Gasteiger partial charge in [0.1, 0.15) is 0 Å². The molecule has 0 aromatic carbocycles. The van der Waals surface area contributed by atoms with Crippen molar-refractivity contribution in [3.8, 4) is 0 Å². The Bertz CT molecular complexity index is 192. The Labute approximate surface area is 112 Å². The largest absolute Gasteiger partial charge is 0.377 e. The SMILES string of the molecule is CCN(CC1CCNCC1)CC1CCCO1.Cl. The number of ether oxygens (including phenoxy) is 1. The number of likely N-dealkylation sites (N-methyl/N-ethyl adjacent to an activating group) is 1. The molecular formula is C13H27ClN2O. The van der Waals surface area contributed by atoms with Gasteiger partial charge in [-0.2, -0.15) is 0 Å². The monoisotopic (exact) mass is 262 g/mol. The Kier molecular flexibility index (Phi) is 7.44. The van der Waals surface area contributed by atoms with E-state index in [1.165, 1.54) is 51.9 Å². The van der Waals surface area contributed by atoms with E-state index in [-0.39, 0.29) is 12.4 Å². The molecule has 0 spiro atoms. The molecule has 1 unspecified atom stereocenters. The lowest BCUT2D eigenvalue weighted by atomic mass is 9.97. The minimum atomic E-state index is 0. The molecule has 0 amide bonds. The van der Waals surface area contributed by atoms with E-state index >= 15 is 0 Å². The third-order valence-electron chi connectivity index (χ3n) is 3.91. The predicted molar refractivity (Wildman–Crippen MR) is 73.9 cm³/mol. The molecule has 0 aromatic rings. The molecule has 0 aromatic heterocycles. The van der Waals surface area contributed by atoms with Gasteiger partial charge >= 0.3 is 0 Å². The summed E-state index contributed by atoms with van der Waals surface area (Å²) in [5.74, 6) is 0.905. The summed E-state index contributed by atoms with van der Waals surface area (Å²) < 4.78 is 5.72. The lowest BCUT2D eigenvalue weighted by Gasteiger charge is -2.30. The van der Waals surface area contributed by atoms with Gasteiger partial charge in [0.25, 0.3) is 0 Å². The van der Waals surface area contributed by atoms with E-state index in [2.05, 4.69) is 17.1 Å². The Balaban J connectivity index is 0.00000144. The van der Waals surface area contributed by atoms with E-state index in [9.17, 15) is 0 Å². The van der Waals surface area contributed by atoms with Crippen molar-refractivity contribution >= 4 is 12.4 Å². The van der Waals surface area contributed by atoms with Gasteiger partial charge in [-0.15, -0.1) is 12.4 Å². The quantitative estimate of drug-likeness (QED) is 0.819. The zero-order valence-electron chi connectivity index (χ0n) is 11.0. The molecule has 0 radical (unpaired) electrons. The predicted octanol–water partition coefficient (Wildman–Crippen LogP) is 1.91. The van der Waals surface area contributed by atoms with Crippen LogP contribution >= 0.6 is 12.4 Å². The maximum absolute atomic E-state index is 5.72. The van der Waals surface area contributed by atoms with Crippen LogP contribution in [0.2, 0.25) is 0 Å². The van der Waals surface area contributed by atoms with Crippen LogP contribution < -0.4 is 5.32 Å². The molecule has 0 bridgehead atoms. The van der Waals surface area contributed by atoms with Gasteiger partial charge < -0.3 is 15.0 Å². The Morgan fingerprint density at radius 3 is 2.53 bits per heavy atom. The van der Waals surface area contributed by atoms with Crippen LogP contribution in [0.15, 0.2) is 0 Å². The first kappa shape index (κ1) is 15.2. The summed E-state index contributed by atoms with van der Waals surface area (Å²) in [5.41, 5.74) is 0. The number of halogens is 1. The second-order valence-corrected chi connectivity index (χ2v) is 5.18. The van der Waals surface area contributed by atoms with Crippen LogP contribution in [-0.2, 0) is 4.74 Å². The Morgan fingerprint density at radius 1 is 1.18 bits per heavy atom. The minimum absolute atomic E-state index is 0. The fraction of sp³-hybridized carbons (Fsp3) is 1.00. The van der Waals surface area contributed by atoms with Crippen molar-refractivity contribution < 1.29 is 4.74 Å². The first-order valence-corrected chi connectivity index (χ1v) is 6.93. The van der Waals surface area contributed by atoms with Crippen molar-refractivity contribution in [2.45, 2.75) is 38.7 Å². The van der Waals surface area contributed by atoms with Crippen molar-refractivity contribution in [2.75, 3.05) is 39.3 Å². The average Bonchev–Trinajstić information content (AvgIpc) is 2.82. The molecule has 0 saturated carbocycles. The van der Waals surface area contributed by atoms with Crippen molar-refractivity contribution in [1.29, 1.82) is 0 Å². The number of nitrogens with one attached hydrogen (secondary N) is 1. The standard InChI is InChI=1S/C13H26N2O.ClH/c1-2-15(11-13-4-3-9-16-13)10-12-5-7-14-8-6-12;/h12-14H,2-11H2,1H3;1H. The zero-order chi connectivity index (χ0) is 11.2. The van der Waals surface area contributed by atoms with Crippen LogP contribution in [-0.4, -0.2) is 50.3 Å². The van der Waals surface area contributed by atoms with E-state index in [1.807, 2.05) is 0 Å². The highest BCUT2D eigenvalue weighted by Gasteiger charge is 2.21. The van der Waals surface area contributed by atoms with Crippen LogP contribution in [0.3, 0.4) is 0 Å². The molecule has 3 nitrogen and oxygen atoms in total. The first-order valence-electron chi connectivity index (χ1n) is 6.93. The van der Waals surface area contributed by atoms with Gasteiger partial charge in [-0.3, -0.25) is 0 Å². The Hall–Kier alpha value is 0.170. The average molecular weight is 263 g/mol. The van der Waals surface area contributed by atoms with E-state index in [0.29, 0.717) is 6.10 Å². The normalized spacial score (nSPS) is 26.1. The van der Waals surface area contributed by atoms with Crippen molar-refractivity contribution in [3.05, 3.63) is 0 Å². The zero-order valence-corrected chi connectivity index (χ0v) is 11.8. The number of nitrogens with zero attached hydrogens (tertiary/aromatic N) is 1. The molecule has 2 rings (SSSR count). The van der Waals surface area contributed by atoms with Crippen molar-refractivity contribution in [2.24, 2.45) is 5.92 Å². The lowest BCUT2D eigenvalue weighted by Crippen LogP contribution is -2.39. The summed E-state index contributed by atoms with van der Waals surface area (Å²) in [5, 5.41) is 3.44. The first-order chi connectivity index (χ1) is 7.88. The van der Waals surface area contributed by atoms with E-state index < -0.39 is 0 Å². The third-order valence-corrected chi connectivity index (χ3v) is 3.91. The second kappa shape index (κ2) is 8.30. The molecule has 4 heteroatoms. The van der Waals surface area contributed by atoms with Crippen LogP contribution in [0.25, 0.3) is 0 Å². The van der Waals surface area contributed by atoms with Crippen LogP contribution in [0.5, 0.6) is 0 Å². The number of hydrogen-bond acceptors (Lipinski definition) is 3. The third kappa shape index (κ3) is 5.12. The van der Waals surface area contributed by atoms with Crippen LogP contribution in [0, 0.1) is 5.92 Å². The summed E-state index contributed by atoms with van der Waals surface area (Å²) >= 11 is 0. The molecule has 2 fully saturated rings. The van der Waals surface area contributed by atoms with Crippen molar-refractivity contribution in [1.82, 2.24) is 10.2 Å². The van der Waals surface area contributed by atoms with E-state index in [0.717, 1.165) is 19.1 Å². The van der Waals surface area contributed by atoms with E-state index in [4.69, 9.17) is 4.74 Å². The van der Waals surface area contributed by atoms with Gasteiger partial charge in [-0.25, -0.2) is 0 Å². The number of rotatable bonds is 5. The minimum Gasteiger partial charge on any atom is -0.377 e. The number of hydrogen-bond donors (Lipinski definition) is 1. The highest BCUT2D eigenvalue weighted by Crippen LogP contribution is 2.17. The maximum Gasteiger partial charge on any atom is 0.0702 e. The van der Waals surface area contributed by atoms with Gasteiger partial charge in [0.2, 0.25) is 0 Å². The van der Waals surface area contributed by atoms with Gasteiger partial charge in [0.05, 0.1) is 6.10 Å².